The predicted octanol–water partition coefficient (Wildman–Crippen LogP) is 10.0. The lowest BCUT2D eigenvalue weighted by Crippen LogP contribution is -2.15. The van der Waals surface area contributed by atoms with E-state index in [1.165, 1.54) is 56.7 Å². The van der Waals surface area contributed by atoms with Crippen LogP contribution in [0, 0.1) is 11.6 Å². The molecule has 7 heterocycles. The van der Waals surface area contributed by atoms with Crippen LogP contribution >= 0.6 is 11.6 Å². The number of H-pyrrole nitrogens is 1. The largest absolute Gasteiger partial charge is 0.361 e. The topological polar surface area (TPSA) is 166 Å². The van der Waals surface area contributed by atoms with Crippen molar-refractivity contribution in [2.75, 3.05) is 18.4 Å². The van der Waals surface area contributed by atoms with Gasteiger partial charge < -0.3 is 16.0 Å². The van der Waals surface area contributed by atoms with Gasteiger partial charge in [-0.3, -0.25) is 9.97 Å². The van der Waals surface area contributed by atoms with Gasteiger partial charge in [0.05, 0.1) is 24.8 Å². The SMILES string of the molecule is CC(C)(C)c1cnn2c(Cl)nc(-c3cncc(F)c3)nc12.CC(C)(C)c1cnn2c(NCCc3c[nH]c4ccccc34)nc(-c3cncc(F)c3)nc12.NCCC1=CCc2ccccc21. The van der Waals surface area contributed by atoms with Gasteiger partial charge in [-0.2, -0.15) is 29.2 Å². The molecular weight excluding hydrogens is 844 g/mol. The molecule has 0 amide bonds. The second-order valence-electron chi connectivity index (χ2n) is 17.7. The minimum atomic E-state index is -0.448. The molecule has 13 nitrogen and oxygen atoms in total. The Morgan fingerprint density at radius 2 is 1.32 bits per heavy atom. The number of benzene rings is 2. The fourth-order valence-corrected chi connectivity index (χ4v) is 7.82. The van der Waals surface area contributed by atoms with Crippen molar-refractivity contribution in [1.29, 1.82) is 0 Å². The smallest absolute Gasteiger partial charge is 0.227 e. The summed E-state index contributed by atoms with van der Waals surface area (Å²) in [6.45, 7) is 13.9. The summed E-state index contributed by atoms with van der Waals surface area (Å²) in [5.74, 6) is 0.418. The third kappa shape index (κ3) is 9.91. The second-order valence-corrected chi connectivity index (χ2v) is 18.1. The summed E-state index contributed by atoms with van der Waals surface area (Å²) in [5.41, 5.74) is 16.1. The van der Waals surface area contributed by atoms with Crippen LogP contribution in [-0.2, 0) is 23.7 Å². The zero-order valence-corrected chi connectivity index (χ0v) is 37.9. The van der Waals surface area contributed by atoms with Crippen LogP contribution in [-0.4, -0.2) is 67.2 Å². The van der Waals surface area contributed by atoms with Gasteiger partial charge in [-0.15, -0.1) is 0 Å². The molecule has 0 fully saturated rings. The van der Waals surface area contributed by atoms with E-state index in [4.69, 9.17) is 22.3 Å². The number of allylic oxidation sites excluding steroid dienone is 1. The number of pyridine rings is 2. The van der Waals surface area contributed by atoms with E-state index in [0.717, 1.165) is 48.6 Å². The molecule has 16 heteroatoms. The fraction of sp³-hybridized carbons (Fsp3) is 0.265. The van der Waals surface area contributed by atoms with E-state index in [1.807, 2.05) is 24.5 Å². The summed E-state index contributed by atoms with van der Waals surface area (Å²) in [6, 6.07) is 19.5. The Balaban J connectivity index is 0.000000149. The number of aromatic amines is 1. The maximum absolute atomic E-state index is 13.8. The number of nitrogens with two attached hydrogens (primary N) is 1. The highest BCUT2D eigenvalue weighted by Crippen LogP contribution is 2.31. The Morgan fingerprint density at radius 3 is 1.97 bits per heavy atom. The quantitative estimate of drug-likeness (QED) is 0.134. The van der Waals surface area contributed by atoms with E-state index in [1.54, 1.807) is 16.9 Å². The van der Waals surface area contributed by atoms with Gasteiger partial charge in [0.25, 0.3) is 0 Å². The lowest BCUT2D eigenvalue weighted by molar-refractivity contribution is 0.594. The molecule has 1 aliphatic rings. The summed E-state index contributed by atoms with van der Waals surface area (Å²) in [5, 5.41) is 13.5. The van der Waals surface area contributed by atoms with Gasteiger partial charge in [-0.1, -0.05) is 90.1 Å². The molecule has 7 aromatic heterocycles. The van der Waals surface area contributed by atoms with Crippen LogP contribution in [0.2, 0.25) is 5.28 Å². The molecule has 1 aliphatic carbocycles. The van der Waals surface area contributed by atoms with Crippen LogP contribution in [0.1, 0.15) is 75.8 Å². The van der Waals surface area contributed by atoms with Gasteiger partial charge >= 0.3 is 0 Å². The van der Waals surface area contributed by atoms with Crippen molar-refractivity contribution in [1.82, 2.24) is 54.1 Å². The number of rotatable bonds is 8. The van der Waals surface area contributed by atoms with Crippen LogP contribution in [0.25, 0.3) is 50.5 Å². The monoisotopic (exact) mass is 893 g/mol. The van der Waals surface area contributed by atoms with Crippen molar-refractivity contribution in [3.8, 4) is 22.8 Å². The molecule has 65 heavy (non-hydrogen) atoms. The molecule has 10 rings (SSSR count). The third-order valence-electron chi connectivity index (χ3n) is 10.9. The number of halogens is 3. The van der Waals surface area contributed by atoms with Gasteiger partial charge in [-0.05, 0) is 88.7 Å². The second kappa shape index (κ2) is 18.6. The first kappa shape index (κ1) is 44.6. The van der Waals surface area contributed by atoms with Crippen molar-refractivity contribution in [3.63, 3.8) is 0 Å². The Morgan fingerprint density at radius 1 is 0.723 bits per heavy atom. The summed E-state index contributed by atoms with van der Waals surface area (Å²) in [4.78, 5) is 29.1. The van der Waals surface area contributed by atoms with E-state index in [9.17, 15) is 8.78 Å². The molecule has 9 aromatic rings. The molecule has 0 atom stereocenters. The molecule has 0 radical (unpaired) electrons. The van der Waals surface area contributed by atoms with Crippen molar-refractivity contribution >= 4 is 45.3 Å². The molecule has 332 valence electrons. The molecule has 0 saturated heterocycles. The van der Waals surface area contributed by atoms with Crippen molar-refractivity contribution in [2.24, 2.45) is 5.73 Å². The Kier molecular flexibility index (Phi) is 12.8. The van der Waals surface area contributed by atoms with E-state index in [0.29, 0.717) is 46.6 Å². The minimum Gasteiger partial charge on any atom is -0.361 e. The zero-order valence-electron chi connectivity index (χ0n) is 37.1. The zero-order chi connectivity index (χ0) is 45.9. The Labute approximate surface area is 380 Å². The number of hydrogen-bond acceptors (Lipinski definition) is 10. The number of para-hydroxylation sites is 1. The van der Waals surface area contributed by atoms with Gasteiger partial charge in [0.2, 0.25) is 11.2 Å². The number of hydrogen-bond donors (Lipinski definition) is 3. The Bertz CT molecular complexity index is 3160. The van der Waals surface area contributed by atoms with Gasteiger partial charge in [0, 0.05) is 58.3 Å². The standard InChI is InChI=1S/C24H24FN7.C14H13ClFN5.C11H13N/c1-24(2,3)19-14-29-32-22(19)30-21(16-10-17(25)13-26-11-16)31-23(32)27-9-8-15-12-28-20-7-5-4-6-18(15)20;1-14(2,3)10-7-18-21-12(10)19-11(20-13(21)15)8-4-9(16)6-17-5-8;12-8-7-10-6-5-9-3-1-2-4-11(9)10/h4-7,10-14,28H,8-9H2,1-3H3,(H,27,30,31);4-7H,1-3H3;1-4,6H,5,7-8,12H2. The number of nitrogens with one attached hydrogen (secondary N) is 2. The van der Waals surface area contributed by atoms with Crippen LogP contribution in [0.3, 0.4) is 0 Å². The molecule has 4 N–H and O–H groups in total. The van der Waals surface area contributed by atoms with E-state index in [-0.39, 0.29) is 16.1 Å². The van der Waals surface area contributed by atoms with E-state index >= 15 is 0 Å². The maximum Gasteiger partial charge on any atom is 0.227 e. The van der Waals surface area contributed by atoms with Crippen molar-refractivity contribution < 1.29 is 8.78 Å². The average molecular weight is 894 g/mol. The highest BCUT2D eigenvalue weighted by Gasteiger charge is 2.24. The molecule has 0 saturated carbocycles. The molecule has 0 aliphatic heterocycles. The summed E-state index contributed by atoms with van der Waals surface area (Å²) in [7, 11) is 0. The number of anilines is 1. The highest BCUT2D eigenvalue weighted by molar-refractivity contribution is 6.28. The first-order chi connectivity index (χ1) is 31.2. The number of fused-ring (bicyclic) bond motifs is 4. The predicted molar refractivity (Wildman–Crippen MR) is 253 cm³/mol. The lowest BCUT2D eigenvalue weighted by atomic mass is 9.89. The third-order valence-corrected chi connectivity index (χ3v) is 11.2. The summed E-state index contributed by atoms with van der Waals surface area (Å²) in [6.07, 6.45) is 16.1. The van der Waals surface area contributed by atoms with E-state index in [2.05, 4.69) is 129 Å². The van der Waals surface area contributed by atoms with Crippen LogP contribution in [0.5, 0.6) is 0 Å². The maximum atomic E-state index is 13.8. The average Bonchev–Trinajstić information content (AvgIpc) is 4.10. The first-order valence-corrected chi connectivity index (χ1v) is 21.7. The Hall–Kier alpha value is -6.97. The van der Waals surface area contributed by atoms with Crippen molar-refractivity contribution in [3.05, 3.63) is 155 Å². The van der Waals surface area contributed by atoms with Crippen LogP contribution < -0.4 is 11.1 Å². The molecule has 0 bridgehead atoms. The van der Waals surface area contributed by atoms with Crippen LogP contribution in [0.15, 0.2) is 110 Å². The van der Waals surface area contributed by atoms with Gasteiger partial charge in [-0.25, -0.2) is 18.7 Å². The molecular formula is C49H50ClF2N13. The summed E-state index contributed by atoms with van der Waals surface area (Å²) >= 11 is 6.15. The highest BCUT2D eigenvalue weighted by atomic mass is 35.5. The first-order valence-electron chi connectivity index (χ1n) is 21.3. The molecule has 0 spiro atoms. The van der Waals surface area contributed by atoms with Gasteiger partial charge in [0.1, 0.15) is 11.6 Å². The van der Waals surface area contributed by atoms with Gasteiger partial charge in [0.15, 0.2) is 22.9 Å². The minimum absolute atomic E-state index is 0.142. The van der Waals surface area contributed by atoms with Crippen molar-refractivity contribution in [2.45, 2.75) is 71.6 Å². The normalized spacial score (nSPS) is 12.4. The number of nitrogens with zero attached hydrogens (tertiary/aromatic N) is 10. The lowest BCUT2D eigenvalue weighted by Gasteiger charge is -2.17. The fourth-order valence-electron chi connectivity index (χ4n) is 7.62. The summed E-state index contributed by atoms with van der Waals surface area (Å²) < 4.78 is 30.3. The van der Waals surface area contributed by atoms with Crippen LogP contribution in [0.4, 0.5) is 14.7 Å². The molecule has 0 unspecified atom stereocenters. The van der Waals surface area contributed by atoms with E-state index < -0.39 is 11.6 Å². The number of aromatic nitrogens is 11. The molecule has 2 aromatic carbocycles.